The zero-order chi connectivity index (χ0) is 47.5. The molecule has 0 aromatic heterocycles. The van der Waals surface area contributed by atoms with Gasteiger partial charge in [0.15, 0.2) is 0 Å². The number of ketones is 1. The third kappa shape index (κ3) is 14.4. The minimum Gasteiger partial charge on any atom is -0.460 e. The van der Waals surface area contributed by atoms with E-state index in [1.807, 2.05) is 39.8 Å². The number of nitrogens with zero attached hydrogens (tertiary/aromatic N) is 1. The van der Waals surface area contributed by atoms with Crippen molar-refractivity contribution in [3.63, 3.8) is 0 Å². The zero-order valence-corrected chi connectivity index (χ0v) is 40.4. The highest BCUT2D eigenvalue weighted by Gasteiger charge is 2.52. The maximum Gasteiger partial charge on any atom is 0.329 e. The highest BCUT2D eigenvalue weighted by Crippen LogP contribution is 2.37. The first-order valence-electron chi connectivity index (χ1n) is 24.2. The lowest BCUT2D eigenvalue weighted by atomic mass is 9.78. The molecular formula is C51H83NO12. The number of rotatable bonds is 5. The van der Waals surface area contributed by atoms with Crippen LogP contribution in [0.2, 0.25) is 0 Å². The molecule has 1 aliphatic carbocycles. The van der Waals surface area contributed by atoms with Gasteiger partial charge >= 0.3 is 5.97 Å². The summed E-state index contributed by atoms with van der Waals surface area (Å²) in [5.74, 6) is -6.34. The van der Waals surface area contributed by atoms with Crippen LogP contribution in [-0.2, 0) is 33.3 Å². The van der Waals surface area contributed by atoms with E-state index in [9.17, 15) is 39.9 Å². The molecule has 3 aliphatic heterocycles. The number of hydrogen-bond acceptors (Lipinski definition) is 12. The van der Waals surface area contributed by atoms with Crippen molar-refractivity contribution in [2.45, 2.75) is 193 Å². The van der Waals surface area contributed by atoms with E-state index in [-0.39, 0.29) is 55.1 Å². The molecule has 0 radical (unpaired) electrons. The molecule has 3 fully saturated rings. The summed E-state index contributed by atoms with van der Waals surface area (Å²) in [5.41, 5.74) is 1.50. The molecule has 0 aromatic rings. The summed E-state index contributed by atoms with van der Waals surface area (Å²) in [6, 6.07) is -1.08. The molecule has 364 valence electrons. The van der Waals surface area contributed by atoms with E-state index in [1.54, 1.807) is 27.0 Å². The predicted octanol–water partition coefficient (Wildman–Crippen LogP) is 6.39. The van der Waals surface area contributed by atoms with Crippen LogP contribution in [0.1, 0.15) is 132 Å². The molecule has 13 heteroatoms. The van der Waals surface area contributed by atoms with Crippen LogP contribution in [0, 0.1) is 41.4 Å². The Bertz CT molecular complexity index is 1640. The molecule has 9 unspecified atom stereocenters. The van der Waals surface area contributed by atoms with Gasteiger partial charge < -0.3 is 49.4 Å². The van der Waals surface area contributed by atoms with Crippen molar-refractivity contribution in [1.82, 2.24) is 4.90 Å². The summed E-state index contributed by atoms with van der Waals surface area (Å²) in [5, 5.41) is 57.1. The maximum atomic E-state index is 14.4. The third-order valence-electron chi connectivity index (χ3n) is 14.7. The van der Waals surface area contributed by atoms with Gasteiger partial charge in [-0.2, -0.15) is 0 Å². The number of aliphatic hydroxyl groups excluding tert-OH is 4. The van der Waals surface area contributed by atoms with Crippen LogP contribution in [-0.4, -0.2) is 130 Å². The lowest BCUT2D eigenvalue weighted by Gasteiger charge is -2.42. The van der Waals surface area contributed by atoms with Gasteiger partial charge in [0.2, 0.25) is 5.79 Å². The number of cyclic esters (lactones) is 1. The Labute approximate surface area is 383 Å². The number of allylic oxidation sites excluding steroid dienone is 5. The number of carbonyl (C=O) groups is 3. The Morgan fingerprint density at radius 1 is 0.859 bits per heavy atom. The van der Waals surface area contributed by atoms with E-state index in [4.69, 9.17) is 18.9 Å². The van der Waals surface area contributed by atoms with Gasteiger partial charge in [-0.15, -0.1) is 0 Å². The quantitative estimate of drug-likeness (QED) is 0.116. The molecule has 1 amide bonds. The molecular weight excluding hydrogens is 819 g/mol. The lowest BCUT2D eigenvalue weighted by molar-refractivity contribution is -0.262. The Morgan fingerprint density at radius 3 is 2.27 bits per heavy atom. The Kier molecular flexibility index (Phi) is 20.9. The van der Waals surface area contributed by atoms with Gasteiger partial charge in [-0.3, -0.25) is 9.59 Å². The van der Waals surface area contributed by atoms with Crippen molar-refractivity contribution in [2.75, 3.05) is 20.8 Å². The van der Waals surface area contributed by atoms with Crippen molar-refractivity contribution < 1.29 is 58.9 Å². The van der Waals surface area contributed by atoms with Crippen molar-refractivity contribution in [3.8, 4) is 0 Å². The van der Waals surface area contributed by atoms with E-state index in [1.165, 1.54) is 12.0 Å². The molecule has 0 spiro atoms. The molecule has 4 aliphatic rings. The number of Topliss-reactive ketones (excluding diaryl/α,β-unsaturated/α-hetero) is 1. The molecule has 3 heterocycles. The van der Waals surface area contributed by atoms with E-state index >= 15 is 0 Å². The smallest absolute Gasteiger partial charge is 0.329 e. The number of aliphatic hydroxyl groups is 5. The normalized spacial score (nSPS) is 43.1. The van der Waals surface area contributed by atoms with Crippen LogP contribution in [0.4, 0.5) is 0 Å². The number of carbonyl (C=O) groups excluding carboxylic acids is 3. The number of methoxy groups -OCH3 is 2. The van der Waals surface area contributed by atoms with Gasteiger partial charge in [-0.25, -0.2) is 4.79 Å². The topological polar surface area (TPSA) is 193 Å². The minimum absolute atomic E-state index is 0.0456. The van der Waals surface area contributed by atoms with Gasteiger partial charge in [0.25, 0.3) is 11.7 Å². The van der Waals surface area contributed by atoms with E-state index in [0.717, 1.165) is 12.0 Å². The lowest BCUT2D eigenvalue weighted by Crippen LogP contribution is -2.60. The van der Waals surface area contributed by atoms with Crippen LogP contribution in [0.3, 0.4) is 0 Å². The number of fused-ring (bicyclic) bond motifs is 3. The fraction of sp³-hybridized carbons (Fsp3) is 0.784. The molecule has 1 saturated carbocycles. The summed E-state index contributed by atoms with van der Waals surface area (Å²) >= 11 is 0. The van der Waals surface area contributed by atoms with Gasteiger partial charge in [0.05, 0.1) is 30.5 Å². The van der Waals surface area contributed by atoms with Gasteiger partial charge in [0, 0.05) is 39.0 Å². The first kappa shape index (κ1) is 53.9. The second-order valence-electron chi connectivity index (χ2n) is 20.1. The highest BCUT2D eigenvalue weighted by molar-refractivity contribution is 6.39. The Morgan fingerprint density at radius 2 is 1.58 bits per heavy atom. The molecule has 2 bridgehead atoms. The van der Waals surface area contributed by atoms with E-state index in [2.05, 4.69) is 32.1 Å². The summed E-state index contributed by atoms with van der Waals surface area (Å²) in [6.45, 7) is 15.4. The first-order valence-corrected chi connectivity index (χ1v) is 24.2. The van der Waals surface area contributed by atoms with Crippen molar-refractivity contribution in [2.24, 2.45) is 41.4 Å². The summed E-state index contributed by atoms with van der Waals surface area (Å²) < 4.78 is 23.7. The highest BCUT2D eigenvalue weighted by atomic mass is 16.6. The van der Waals surface area contributed by atoms with Crippen LogP contribution >= 0.6 is 0 Å². The van der Waals surface area contributed by atoms with Crippen molar-refractivity contribution in [3.05, 3.63) is 47.6 Å². The third-order valence-corrected chi connectivity index (χ3v) is 14.7. The summed E-state index contributed by atoms with van der Waals surface area (Å²) in [6.07, 6.45) is 12.1. The molecule has 17 atom stereocenters. The van der Waals surface area contributed by atoms with Crippen LogP contribution in [0.5, 0.6) is 0 Å². The molecule has 13 nitrogen and oxygen atoms in total. The fourth-order valence-electron chi connectivity index (χ4n) is 10.2. The van der Waals surface area contributed by atoms with Crippen molar-refractivity contribution >= 4 is 17.7 Å². The average molecular weight is 902 g/mol. The molecule has 2 saturated heterocycles. The largest absolute Gasteiger partial charge is 0.460 e. The predicted molar refractivity (Wildman–Crippen MR) is 246 cm³/mol. The fourth-order valence-corrected chi connectivity index (χ4v) is 10.2. The molecule has 0 aromatic carbocycles. The second kappa shape index (κ2) is 24.9. The zero-order valence-electron chi connectivity index (χ0n) is 40.4. The minimum atomic E-state index is -2.36. The maximum absolute atomic E-state index is 14.4. The Balaban J connectivity index is 1.68. The number of ether oxygens (including phenoxy) is 4. The van der Waals surface area contributed by atoms with Gasteiger partial charge in [-0.05, 0) is 120 Å². The number of amides is 1. The van der Waals surface area contributed by atoms with Gasteiger partial charge in [0.1, 0.15) is 24.4 Å². The van der Waals surface area contributed by atoms with Crippen LogP contribution in [0.15, 0.2) is 47.6 Å². The number of esters is 1. The van der Waals surface area contributed by atoms with Gasteiger partial charge in [-0.1, -0.05) is 83.6 Å². The Hall–Kier alpha value is -2.75. The summed E-state index contributed by atoms with van der Waals surface area (Å²) in [4.78, 5) is 43.9. The summed E-state index contributed by atoms with van der Waals surface area (Å²) in [7, 11) is 3.05. The number of hydrogen-bond donors (Lipinski definition) is 5. The van der Waals surface area contributed by atoms with Crippen LogP contribution < -0.4 is 0 Å². The van der Waals surface area contributed by atoms with E-state index in [0.29, 0.717) is 63.4 Å². The standard InChI is InChI=1S/C51H83NO12/c1-30-14-15-31(2)18-21-39-22-19-37(8)51(60,64-39)48(57)49(58)52-24-12-11-13-40(52)50(59)63-43(34(5)27-38-20-23-41(53)44(28-38)61-9)29-42(54)33(4)26-36(7)46(56)47(62-10)45(55)35(6)25-32(3)17-16-30/h14-18,26,30,32-35,37-47,53-56,60H,11-13,19-25,27-29H2,1-10H3/b15-14+,17-16+,31-18+,36-26+/t30?,32-,33-,34-,35?,37-,38?,39?,40?,41-,42?,43+,44?,45?,46-,47+,51?/m1/s1. The molecule has 5 N–H and O–H groups in total. The average Bonchev–Trinajstić information content (AvgIpc) is 3.27. The van der Waals surface area contributed by atoms with Crippen LogP contribution in [0.25, 0.3) is 0 Å². The SMILES string of the molecule is COC1CC(C[C@@H](C)[C@@H]2CC(O)[C@H](C)/C=C(\C)[C@@H](O)[C@@H](OC)C(O)C(C)C[C@H](C)/C=C/C(C)/C=C/C(C)=C/CC3CC[C@@H](C)C(O)(O3)C(=O)C(=O)N3CCCCC3C(=O)O2)CC[C@H]1O. The van der Waals surface area contributed by atoms with Crippen molar-refractivity contribution in [1.29, 1.82) is 0 Å². The molecule has 64 heavy (non-hydrogen) atoms. The second-order valence-corrected chi connectivity index (χ2v) is 20.1. The number of piperidine rings is 1. The monoisotopic (exact) mass is 902 g/mol. The molecule has 4 rings (SSSR count). The van der Waals surface area contributed by atoms with E-state index < -0.39 is 84.1 Å². The first-order chi connectivity index (χ1) is 30.2.